The van der Waals surface area contributed by atoms with Crippen LogP contribution < -0.4 is 5.43 Å². The van der Waals surface area contributed by atoms with E-state index in [1.807, 2.05) is 0 Å². The zero-order chi connectivity index (χ0) is 11.0. The van der Waals surface area contributed by atoms with Crippen molar-refractivity contribution >= 4 is 16.7 Å². The lowest BCUT2D eigenvalue weighted by Gasteiger charge is -1.97. The van der Waals surface area contributed by atoms with Crippen LogP contribution in [0.3, 0.4) is 0 Å². The van der Waals surface area contributed by atoms with Crippen molar-refractivity contribution < 1.29 is 9.34 Å². The van der Waals surface area contributed by atoms with Gasteiger partial charge in [-0.05, 0) is 19.1 Å². The number of fused-ring (bicyclic) bond motifs is 1. The normalized spacial score (nSPS) is 10.5. The van der Waals surface area contributed by atoms with Gasteiger partial charge in [0.2, 0.25) is 0 Å². The first-order valence-corrected chi connectivity index (χ1v) is 4.26. The first kappa shape index (κ1) is 9.39. The summed E-state index contributed by atoms with van der Waals surface area (Å²) in [6.07, 6.45) is 0.875. The van der Waals surface area contributed by atoms with Gasteiger partial charge in [-0.1, -0.05) is 11.6 Å². The van der Waals surface area contributed by atoms with Crippen LogP contribution in [0, 0.1) is 17.0 Å². The molecule has 0 fully saturated rings. The zero-order valence-corrected chi connectivity index (χ0v) is 7.89. The maximum Gasteiger partial charge on any atom is 0.351 e. The minimum absolute atomic E-state index is 0.240. The molecule has 0 radical (unpaired) electrons. The Kier molecular flexibility index (Phi) is 2.00. The van der Waals surface area contributed by atoms with Crippen molar-refractivity contribution in [2.45, 2.75) is 6.92 Å². The average molecular weight is 205 g/mol. The number of hydrogen-bond acceptors (Lipinski definition) is 4. The first-order valence-electron chi connectivity index (χ1n) is 4.26. The molecule has 0 atom stereocenters. The summed E-state index contributed by atoms with van der Waals surface area (Å²) in [5, 5.41) is 10.7. The Morgan fingerprint density at radius 2 is 2.13 bits per heavy atom. The molecule has 0 bridgehead atoms. The Bertz CT molecular complexity index is 600. The van der Waals surface area contributed by atoms with Gasteiger partial charge in [-0.2, -0.15) is 0 Å². The van der Waals surface area contributed by atoms with Crippen molar-refractivity contribution in [1.82, 2.24) is 0 Å². The molecule has 0 saturated carbocycles. The zero-order valence-electron chi connectivity index (χ0n) is 7.89. The van der Waals surface area contributed by atoms with Gasteiger partial charge < -0.3 is 4.42 Å². The molecule has 1 aromatic carbocycles. The number of benzene rings is 1. The monoisotopic (exact) mass is 205 g/mol. The molecule has 0 unspecified atom stereocenters. The summed E-state index contributed by atoms with van der Waals surface area (Å²) >= 11 is 0. The molecule has 0 aliphatic heterocycles. The van der Waals surface area contributed by atoms with E-state index in [0.29, 0.717) is 5.58 Å². The fraction of sp³-hybridized carbons (Fsp3) is 0.100. The van der Waals surface area contributed by atoms with Gasteiger partial charge in [0, 0.05) is 0 Å². The number of rotatable bonds is 1. The predicted molar refractivity (Wildman–Crippen MR) is 53.9 cm³/mol. The third kappa shape index (κ3) is 1.48. The molecule has 1 heterocycles. The quantitative estimate of drug-likeness (QED) is 0.527. The summed E-state index contributed by atoms with van der Waals surface area (Å²) in [4.78, 5) is 21.4. The summed E-state index contributed by atoms with van der Waals surface area (Å²) in [5.74, 6) is 0. The smallest absolute Gasteiger partial charge is 0.351 e. The maximum absolute atomic E-state index is 11.6. The average Bonchev–Trinajstić information content (AvgIpc) is 2.19. The molecule has 0 aliphatic carbocycles. The van der Waals surface area contributed by atoms with E-state index < -0.39 is 16.0 Å². The molecule has 2 aromatic rings. The van der Waals surface area contributed by atoms with Crippen LogP contribution in [0.2, 0.25) is 0 Å². The van der Waals surface area contributed by atoms with Gasteiger partial charge in [0.1, 0.15) is 5.58 Å². The van der Waals surface area contributed by atoms with Gasteiger partial charge in [0.25, 0.3) is 5.43 Å². The van der Waals surface area contributed by atoms with Crippen molar-refractivity contribution in [1.29, 1.82) is 0 Å². The molecular weight excluding hydrogens is 198 g/mol. The van der Waals surface area contributed by atoms with Gasteiger partial charge >= 0.3 is 5.69 Å². The fourth-order valence-electron chi connectivity index (χ4n) is 1.36. The lowest BCUT2D eigenvalue weighted by atomic mass is 10.1. The van der Waals surface area contributed by atoms with Crippen LogP contribution in [-0.2, 0) is 0 Å². The summed E-state index contributed by atoms with van der Waals surface area (Å²) in [6, 6.07) is 4.97. The highest BCUT2D eigenvalue weighted by atomic mass is 16.6. The molecule has 15 heavy (non-hydrogen) atoms. The molecule has 0 aliphatic rings. The van der Waals surface area contributed by atoms with Gasteiger partial charge in [0.05, 0.1) is 10.3 Å². The van der Waals surface area contributed by atoms with Crippen molar-refractivity contribution in [2.75, 3.05) is 0 Å². The molecule has 5 heteroatoms. The van der Waals surface area contributed by atoms with Gasteiger partial charge in [-0.15, -0.1) is 0 Å². The van der Waals surface area contributed by atoms with Crippen LogP contribution in [0.4, 0.5) is 5.69 Å². The Hall–Kier alpha value is -2.17. The number of hydrogen-bond donors (Lipinski definition) is 0. The van der Waals surface area contributed by atoms with Crippen molar-refractivity contribution in [3.63, 3.8) is 0 Å². The summed E-state index contributed by atoms with van der Waals surface area (Å²) in [7, 11) is 0. The minimum atomic E-state index is -0.742. The molecule has 5 nitrogen and oxygen atoms in total. The van der Waals surface area contributed by atoms with Crippen molar-refractivity contribution in [3.05, 3.63) is 50.4 Å². The molecular formula is C10H7NO4. The van der Waals surface area contributed by atoms with Crippen LogP contribution in [0.15, 0.2) is 33.7 Å². The maximum atomic E-state index is 11.6. The second kappa shape index (κ2) is 3.20. The topological polar surface area (TPSA) is 73.3 Å². The number of nitrogens with zero attached hydrogens (tertiary/aromatic N) is 1. The Morgan fingerprint density at radius 1 is 1.40 bits per heavy atom. The van der Waals surface area contributed by atoms with Crippen LogP contribution in [0.1, 0.15) is 5.56 Å². The van der Waals surface area contributed by atoms with E-state index in [2.05, 4.69) is 0 Å². The third-order valence-electron chi connectivity index (χ3n) is 2.11. The standard InChI is InChI=1S/C10H7NO4/c1-6-2-3-9-7(4-6)10(12)8(5-15-9)11(13)14/h2-5H,1H3. The highest BCUT2D eigenvalue weighted by Gasteiger charge is 2.15. The Balaban J connectivity index is 2.89. The largest absolute Gasteiger partial charge is 0.457 e. The number of aryl methyl sites for hydroxylation is 1. The third-order valence-corrected chi connectivity index (χ3v) is 2.11. The first-order chi connectivity index (χ1) is 7.09. The second-order valence-corrected chi connectivity index (χ2v) is 3.21. The minimum Gasteiger partial charge on any atom is -0.457 e. The lowest BCUT2D eigenvalue weighted by Crippen LogP contribution is -2.07. The molecule has 0 spiro atoms. The summed E-state index contributed by atoms with van der Waals surface area (Å²) < 4.78 is 5.00. The number of nitro groups is 1. The molecule has 0 N–H and O–H groups in total. The molecule has 1 aromatic heterocycles. The fourth-order valence-corrected chi connectivity index (χ4v) is 1.36. The van der Waals surface area contributed by atoms with E-state index in [1.54, 1.807) is 25.1 Å². The Labute approximate surface area is 84.1 Å². The Morgan fingerprint density at radius 3 is 2.80 bits per heavy atom. The van der Waals surface area contributed by atoms with Crippen molar-refractivity contribution in [2.24, 2.45) is 0 Å². The molecule has 2 rings (SSSR count). The predicted octanol–water partition coefficient (Wildman–Crippen LogP) is 2.01. The van der Waals surface area contributed by atoms with Crippen LogP contribution >= 0.6 is 0 Å². The highest BCUT2D eigenvalue weighted by molar-refractivity contribution is 5.78. The SMILES string of the molecule is Cc1ccc2occ([N+](=O)[O-])c(=O)c2c1. The van der Waals surface area contributed by atoms with E-state index >= 15 is 0 Å². The van der Waals surface area contributed by atoms with Crippen LogP contribution in [-0.4, -0.2) is 4.92 Å². The van der Waals surface area contributed by atoms with Crippen LogP contribution in [0.5, 0.6) is 0 Å². The molecule has 0 amide bonds. The van der Waals surface area contributed by atoms with Gasteiger partial charge in [-0.25, -0.2) is 0 Å². The van der Waals surface area contributed by atoms with Gasteiger partial charge in [0.15, 0.2) is 6.26 Å². The van der Waals surface area contributed by atoms with Gasteiger partial charge in [-0.3, -0.25) is 14.9 Å². The van der Waals surface area contributed by atoms with Crippen molar-refractivity contribution in [3.8, 4) is 0 Å². The van der Waals surface area contributed by atoms with E-state index in [1.165, 1.54) is 0 Å². The second-order valence-electron chi connectivity index (χ2n) is 3.21. The lowest BCUT2D eigenvalue weighted by molar-refractivity contribution is -0.386. The van der Waals surface area contributed by atoms with E-state index in [4.69, 9.17) is 4.42 Å². The molecule has 76 valence electrons. The molecule has 0 saturated heterocycles. The summed E-state index contributed by atoms with van der Waals surface area (Å²) in [5.41, 5.74) is 0.0737. The van der Waals surface area contributed by atoms with E-state index in [9.17, 15) is 14.9 Å². The van der Waals surface area contributed by atoms with E-state index in [-0.39, 0.29) is 5.39 Å². The highest BCUT2D eigenvalue weighted by Crippen LogP contribution is 2.15. The summed E-state index contributed by atoms with van der Waals surface area (Å²) in [6.45, 7) is 1.80. The van der Waals surface area contributed by atoms with E-state index in [0.717, 1.165) is 11.8 Å². The van der Waals surface area contributed by atoms with Crippen LogP contribution in [0.25, 0.3) is 11.0 Å².